The molecule has 1 aromatic heterocycles. The number of hydrogen-bond donors (Lipinski definition) is 1. The van der Waals surface area contributed by atoms with Gasteiger partial charge in [-0.1, -0.05) is 13.0 Å². The van der Waals surface area contributed by atoms with E-state index in [9.17, 15) is 13.2 Å². The Balaban J connectivity index is 1.97. The number of rotatable bonds is 5. The minimum absolute atomic E-state index is 0.243. The molecule has 124 valence electrons. The lowest BCUT2D eigenvalue weighted by molar-refractivity contribution is 0.149. The molecule has 3 nitrogen and oxygen atoms in total. The van der Waals surface area contributed by atoms with Crippen molar-refractivity contribution in [2.45, 2.75) is 37.9 Å². The molecule has 0 saturated heterocycles. The zero-order valence-corrected chi connectivity index (χ0v) is 13.6. The van der Waals surface area contributed by atoms with Crippen LogP contribution in [0.4, 0.5) is 13.2 Å². The van der Waals surface area contributed by atoms with Crippen molar-refractivity contribution >= 4 is 11.8 Å². The molecule has 0 amide bonds. The first-order valence-corrected chi connectivity index (χ1v) is 8.57. The van der Waals surface area contributed by atoms with Gasteiger partial charge in [0.15, 0.2) is 0 Å². The van der Waals surface area contributed by atoms with Gasteiger partial charge in [-0.15, -0.1) is 11.8 Å². The van der Waals surface area contributed by atoms with E-state index in [-0.39, 0.29) is 12.1 Å². The van der Waals surface area contributed by atoms with Crippen LogP contribution in [0.5, 0.6) is 0 Å². The van der Waals surface area contributed by atoms with Crippen molar-refractivity contribution in [3.05, 3.63) is 46.4 Å². The molecule has 0 unspecified atom stereocenters. The smallest absolute Gasteiger partial charge is 0.264 e. The Morgan fingerprint density at radius 3 is 2.96 bits per heavy atom. The SMILES string of the molecule is CCSc1nn(Cc2ccc(F)cc2C(F)F)c2c1CNCC2. The number of alkyl halides is 2. The van der Waals surface area contributed by atoms with Crippen LogP contribution in [0.25, 0.3) is 0 Å². The molecule has 2 aromatic rings. The van der Waals surface area contributed by atoms with Crippen LogP contribution in [0.2, 0.25) is 0 Å². The number of halogens is 3. The van der Waals surface area contributed by atoms with Crippen molar-refractivity contribution in [3.8, 4) is 0 Å². The molecule has 1 N–H and O–H groups in total. The van der Waals surface area contributed by atoms with Crippen LogP contribution in [-0.4, -0.2) is 22.1 Å². The molecule has 3 rings (SSSR count). The van der Waals surface area contributed by atoms with E-state index < -0.39 is 12.2 Å². The van der Waals surface area contributed by atoms with Gasteiger partial charge in [0.25, 0.3) is 6.43 Å². The summed E-state index contributed by atoms with van der Waals surface area (Å²) in [6.45, 7) is 3.90. The van der Waals surface area contributed by atoms with E-state index in [0.29, 0.717) is 5.56 Å². The fourth-order valence-electron chi connectivity index (χ4n) is 2.85. The first kappa shape index (κ1) is 16.4. The summed E-state index contributed by atoms with van der Waals surface area (Å²) < 4.78 is 41.4. The number of benzene rings is 1. The van der Waals surface area contributed by atoms with Crippen LogP contribution in [0.1, 0.15) is 35.7 Å². The third kappa shape index (κ3) is 3.40. The summed E-state index contributed by atoms with van der Waals surface area (Å²) in [5, 5.41) is 8.87. The molecule has 7 heteroatoms. The average molecular weight is 341 g/mol. The highest BCUT2D eigenvalue weighted by Gasteiger charge is 2.22. The van der Waals surface area contributed by atoms with Crippen LogP contribution in [0.15, 0.2) is 23.2 Å². The Kier molecular flexibility index (Phi) is 4.96. The maximum Gasteiger partial charge on any atom is 0.264 e. The molecule has 0 fully saturated rings. The molecule has 0 spiro atoms. The van der Waals surface area contributed by atoms with Crippen molar-refractivity contribution in [2.24, 2.45) is 0 Å². The first-order chi connectivity index (χ1) is 11.1. The van der Waals surface area contributed by atoms with Gasteiger partial charge in [-0.25, -0.2) is 13.2 Å². The van der Waals surface area contributed by atoms with E-state index in [0.717, 1.165) is 47.6 Å². The Labute approximate surface area is 137 Å². The lowest BCUT2D eigenvalue weighted by atomic mass is 10.1. The lowest BCUT2D eigenvalue weighted by Gasteiger charge is -2.16. The molecule has 0 bridgehead atoms. The number of hydrogen-bond acceptors (Lipinski definition) is 3. The van der Waals surface area contributed by atoms with Crippen molar-refractivity contribution < 1.29 is 13.2 Å². The zero-order chi connectivity index (χ0) is 16.4. The molecule has 1 aliphatic heterocycles. The Morgan fingerprint density at radius 1 is 1.39 bits per heavy atom. The third-order valence-corrected chi connectivity index (χ3v) is 4.80. The van der Waals surface area contributed by atoms with Crippen LogP contribution in [0, 0.1) is 5.82 Å². The summed E-state index contributed by atoms with van der Waals surface area (Å²) in [6.07, 6.45) is -1.88. The van der Waals surface area contributed by atoms with Gasteiger partial charge in [0, 0.05) is 36.3 Å². The van der Waals surface area contributed by atoms with E-state index in [1.54, 1.807) is 16.4 Å². The highest BCUT2D eigenvalue weighted by molar-refractivity contribution is 7.99. The number of nitrogens with one attached hydrogen (secondary N) is 1. The summed E-state index contributed by atoms with van der Waals surface area (Å²) in [5.41, 5.74) is 2.40. The maximum atomic E-state index is 13.3. The van der Waals surface area contributed by atoms with Crippen LogP contribution < -0.4 is 5.32 Å². The van der Waals surface area contributed by atoms with Gasteiger partial charge < -0.3 is 5.32 Å². The average Bonchev–Trinajstić information content (AvgIpc) is 2.88. The Hall–Kier alpha value is -1.47. The summed E-state index contributed by atoms with van der Waals surface area (Å²) >= 11 is 1.65. The van der Waals surface area contributed by atoms with Gasteiger partial charge in [-0.05, 0) is 23.4 Å². The quantitative estimate of drug-likeness (QED) is 0.840. The van der Waals surface area contributed by atoms with E-state index >= 15 is 0 Å². The van der Waals surface area contributed by atoms with Crippen molar-refractivity contribution in [2.75, 3.05) is 12.3 Å². The second-order valence-electron chi connectivity index (χ2n) is 5.39. The topological polar surface area (TPSA) is 29.9 Å². The summed E-state index contributed by atoms with van der Waals surface area (Å²) in [7, 11) is 0. The van der Waals surface area contributed by atoms with Crippen LogP contribution >= 0.6 is 11.8 Å². The first-order valence-electron chi connectivity index (χ1n) is 7.58. The molecular formula is C16H18F3N3S. The summed E-state index contributed by atoms with van der Waals surface area (Å²) in [4.78, 5) is 0. The second kappa shape index (κ2) is 6.97. The molecule has 1 aromatic carbocycles. The largest absolute Gasteiger partial charge is 0.312 e. The Bertz CT molecular complexity index is 700. The molecule has 0 saturated carbocycles. The van der Waals surface area contributed by atoms with Gasteiger partial charge in [-0.2, -0.15) is 5.10 Å². The predicted molar refractivity (Wildman–Crippen MR) is 84.5 cm³/mol. The van der Waals surface area contributed by atoms with E-state index in [2.05, 4.69) is 17.3 Å². The highest BCUT2D eigenvalue weighted by Crippen LogP contribution is 2.29. The fourth-order valence-corrected chi connectivity index (χ4v) is 3.64. The monoisotopic (exact) mass is 341 g/mol. The third-order valence-electron chi connectivity index (χ3n) is 3.91. The molecule has 0 aliphatic carbocycles. The molecular weight excluding hydrogens is 323 g/mol. The molecule has 0 atom stereocenters. The zero-order valence-electron chi connectivity index (χ0n) is 12.8. The predicted octanol–water partition coefficient (Wildman–Crippen LogP) is 3.77. The summed E-state index contributed by atoms with van der Waals surface area (Å²) in [6, 6.07) is 3.57. The normalized spacial score (nSPS) is 14.3. The van der Waals surface area contributed by atoms with Crippen LogP contribution in [-0.2, 0) is 19.5 Å². The van der Waals surface area contributed by atoms with Crippen molar-refractivity contribution in [3.63, 3.8) is 0 Å². The van der Waals surface area contributed by atoms with E-state index in [4.69, 9.17) is 0 Å². The van der Waals surface area contributed by atoms with E-state index in [1.165, 1.54) is 12.1 Å². The summed E-state index contributed by atoms with van der Waals surface area (Å²) in [5.74, 6) is 0.264. The number of thioether (sulfide) groups is 1. The number of fused-ring (bicyclic) bond motifs is 1. The maximum absolute atomic E-state index is 13.3. The van der Waals surface area contributed by atoms with Gasteiger partial charge in [-0.3, -0.25) is 4.68 Å². The van der Waals surface area contributed by atoms with Gasteiger partial charge in [0.05, 0.1) is 6.54 Å². The van der Waals surface area contributed by atoms with Crippen molar-refractivity contribution in [1.82, 2.24) is 15.1 Å². The van der Waals surface area contributed by atoms with Crippen molar-refractivity contribution in [1.29, 1.82) is 0 Å². The minimum Gasteiger partial charge on any atom is -0.312 e. The lowest BCUT2D eigenvalue weighted by Crippen LogP contribution is -2.25. The van der Waals surface area contributed by atoms with Gasteiger partial charge in [0.1, 0.15) is 10.8 Å². The molecule has 2 heterocycles. The minimum atomic E-state index is -2.70. The van der Waals surface area contributed by atoms with Gasteiger partial charge in [0.2, 0.25) is 0 Å². The molecule has 23 heavy (non-hydrogen) atoms. The number of aromatic nitrogens is 2. The highest BCUT2D eigenvalue weighted by atomic mass is 32.2. The van der Waals surface area contributed by atoms with E-state index in [1.807, 2.05) is 0 Å². The standard InChI is InChI=1S/C16H18F3N3S/c1-2-23-16-13-8-20-6-5-14(13)22(21-16)9-10-3-4-11(17)7-12(10)15(18)19/h3-4,7,15,20H,2,5-6,8-9H2,1H3. The second-order valence-corrected chi connectivity index (χ2v) is 6.64. The Morgan fingerprint density at radius 2 is 2.22 bits per heavy atom. The molecule has 1 aliphatic rings. The van der Waals surface area contributed by atoms with Gasteiger partial charge >= 0.3 is 0 Å². The fraction of sp³-hybridized carbons (Fsp3) is 0.438. The van der Waals surface area contributed by atoms with Crippen LogP contribution in [0.3, 0.4) is 0 Å². The molecule has 0 radical (unpaired) electrons. The number of nitrogens with zero attached hydrogens (tertiary/aromatic N) is 2.